The summed E-state index contributed by atoms with van der Waals surface area (Å²) in [6.45, 7) is 0.833. The summed E-state index contributed by atoms with van der Waals surface area (Å²) in [7, 11) is 3.78. The molecule has 17 heavy (non-hydrogen) atoms. The molecule has 0 aliphatic heterocycles. The van der Waals surface area contributed by atoms with Crippen LogP contribution in [0.1, 0.15) is 0 Å². The Bertz CT molecular complexity index is 351. The molecule has 94 valence electrons. The lowest BCUT2D eigenvalue weighted by atomic mass is 10.3. The molecular weight excluding hydrogens is 225 g/mol. The molecule has 0 saturated carbocycles. The normalized spacial score (nSPS) is 10.4. The fourth-order valence-electron chi connectivity index (χ4n) is 1.06. The Hall–Kier alpha value is -1.62. The highest BCUT2D eigenvalue weighted by atomic mass is 19.1. The van der Waals surface area contributed by atoms with Crippen LogP contribution in [0.5, 0.6) is 5.75 Å². The summed E-state index contributed by atoms with van der Waals surface area (Å²) in [6, 6.07) is 5.46. The summed E-state index contributed by atoms with van der Waals surface area (Å²) in [5.74, 6) is -0.335. The standard InChI is InChI=1S/C12H16FNO3/c1-14(2)7-8-16-12(15)9-17-11-5-3-10(13)4-6-11/h3-6H,7-9H2,1-2H3. The molecule has 1 rings (SSSR count). The summed E-state index contributed by atoms with van der Waals surface area (Å²) in [4.78, 5) is 13.1. The van der Waals surface area contributed by atoms with E-state index in [1.165, 1.54) is 24.3 Å². The molecule has 1 aromatic rings. The molecule has 4 nitrogen and oxygen atoms in total. The van der Waals surface area contributed by atoms with E-state index < -0.39 is 5.97 Å². The largest absolute Gasteiger partial charge is 0.482 e. The lowest BCUT2D eigenvalue weighted by Gasteiger charge is -2.10. The number of nitrogens with zero attached hydrogens (tertiary/aromatic N) is 1. The van der Waals surface area contributed by atoms with Crippen molar-refractivity contribution >= 4 is 5.97 Å². The maximum absolute atomic E-state index is 12.6. The molecule has 1 aromatic carbocycles. The van der Waals surface area contributed by atoms with Crippen LogP contribution in [0.2, 0.25) is 0 Å². The van der Waals surface area contributed by atoms with Crippen LogP contribution < -0.4 is 4.74 Å². The van der Waals surface area contributed by atoms with Crippen molar-refractivity contribution in [3.8, 4) is 5.75 Å². The zero-order chi connectivity index (χ0) is 12.7. The second-order valence-electron chi connectivity index (χ2n) is 3.77. The monoisotopic (exact) mass is 241 g/mol. The maximum Gasteiger partial charge on any atom is 0.344 e. The average Bonchev–Trinajstić information content (AvgIpc) is 2.28. The van der Waals surface area contributed by atoms with Gasteiger partial charge in [0, 0.05) is 6.54 Å². The highest BCUT2D eigenvalue weighted by Crippen LogP contribution is 2.10. The van der Waals surface area contributed by atoms with Crippen LogP contribution in [0.25, 0.3) is 0 Å². The molecule has 0 spiro atoms. The molecule has 0 fully saturated rings. The summed E-state index contributed by atoms with van der Waals surface area (Å²) < 4.78 is 22.6. The Morgan fingerprint density at radius 3 is 2.53 bits per heavy atom. The number of benzene rings is 1. The van der Waals surface area contributed by atoms with Crippen LogP contribution in [0.4, 0.5) is 4.39 Å². The van der Waals surface area contributed by atoms with E-state index in [1.54, 1.807) is 0 Å². The summed E-state index contributed by atoms with van der Waals surface area (Å²) >= 11 is 0. The number of hydrogen-bond donors (Lipinski definition) is 0. The van der Waals surface area contributed by atoms with E-state index >= 15 is 0 Å². The van der Waals surface area contributed by atoms with Crippen LogP contribution in [0.3, 0.4) is 0 Å². The predicted molar refractivity (Wildman–Crippen MR) is 61.4 cm³/mol. The fraction of sp³-hybridized carbons (Fsp3) is 0.417. The molecule has 0 bridgehead atoms. The molecule has 0 heterocycles. The van der Waals surface area contributed by atoms with Gasteiger partial charge in [-0.2, -0.15) is 0 Å². The lowest BCUT2D eigenvalue weighted by molar-refractivity contribution is -0.146. The van der Waals surface area contributed by atoms with Crippen molar-refractivity contribution in [3.05, 3.63) is 30.1 Å². The molecule has 0 unspecified atom stereocenters. The first-order chi connectivity index (χ1) is 8.08. The van der Waals surface area contributed by atoms with Gasteiger partial charge in [0.25, 0.3) is 0 Å². The molecule has 0 aromatic heterocycles. The molecular formula is C12H16FNO3. The number of ether oxygens (including phenoxy) is 2. The predicted octanol–water partition coefficient (Wildman–Crippen LogP) is 1.31. The number of likely N-dealkylation sites (N-methyl/N-ethyl adjacent to an activating group) is 1. The Morgan fingerprint density at radius 1 is 1.29 bits per heavy atom. The number of carbonyl (C=O) groups is 1. The Balaban J connectivity index is 2.21. The molecule has 0 aliphatic rings. The van der Waals surface area contributed by atoms with Gasteiger partial charge >= 0.3 is 5.97 Å². The van der Waals surface area contributed by atoms with Crippen LogP contribution in [-0.2, 0) is 9.53 Å². The van der Waals surface area contributed by atoms with E-state index in [0.717, 1.165) is 0 Å². The third kappa shape index (κ3) is 5.87. The third-order valence-electron chi connectivity index (χ3n) is 1.97. The van der Waals surface area contributed by atoms with E-state index in [0.29, 0.717) is 18.9 Å². The minimum Gasteiger partial charge on any atom is -0.482 e. The second-order valence-corrected chi connectivity index (χ2v) is 3.77. The zero-order valence-corrected chi connectivity index (χ0v) is 9.98. The molecule has 0 aliphatic carbocycles. The van der Waals surface area contributed by atoms with Gasteiger partial charge in [0.05, 0.1) is 0 Å². The molecule has 0 radical (unpaired) electrons. The van der Waals surface area contributed by atoms with Crippen molar-refractivity contribution in [1.29, 1.82) is 0 Å². The van der Waals surface area contributed by atoms with Crippen LogP contribution in [0.15, 0.2) is 24.3 Å². The Labute approximate surface area is 99.9 Å². The molecule has 5 heteroatoms. The summed E-state index contributed by atoms with van der Waals surface area (Å²) in [5, 5.41) is 0. The lowest BCUT2D eigenvalue weighted by Crippen LogP contribution is -2.22. The van der Waals surface area contributed by atoms with Crippen LogP contribution in [-0.4, -0.2) is 44.7 Å². The topological polar surface area (TPSA) is 38.8 Å². The van der Waals surface area contributed by atoms with Crippen molar-refractivity contribution < 1.29 is 18.7 Å². The van der Waals surface area contributed by atoms with E-state index in [4.69, 9.17) is 9.47 Å². The highest BCUT2D eigenvalue weighted by Gasteiger charge is 2.04. The fourth-order valence-corrected chi connectivity index (χ4v) is 1.06. The highest BCUT2D eigenvalue weighted by molar-refractivity contribution is 5.71. The smallest absolute Gasteiger partial charge is 0.344 e. The molecule has 0 atom stereocenters. The third-order valence-corrected chi connectivity index (χ3v) is 1.97. The molecule has 0 amide bonds. The first-order valence-electron chi connectivity index (χ1n) is 5.26. The van der Waals surface area contributed by atoms with Crippen molar-refractivity contribution in [2.24, 2.45) is 0 Å². The van der Waals surface area contributed by atoms with Crippen molar-refractivity contribution in [1.82, 2.24) is 4.90 Å². The first kappa shape index (κ1) is 13.4. The van der Waals surface area contributed by atoms with Gasteiger partial charge in [0.2, 0.25) is 0 Å². The maximum atomic E-state index is 12.6. The van der Waals surface area contributed by atoms with Crippen molar-refractivity contribution in [2.75, 3.05) is 33.9 Å². The van der Waals surface area contributed by atoms with Crippen LogP contribution in [0, 0.1) is 5.82 Å². The van der Waals surface area contributed by atoms with Gasteiger partial charge in [-0.3, -0.25) is 0 Å². The molecule has 0 N–H and O–H groups in total. The number of rotatable bonds is 6. The summed E-state index contributed by atoms with van der Waals surface area (Å²) in [6.07, 6.45) is 0. The zero-order valence-electron chi connectivity index (χ0n) is 9.98. The van der Waals surface area contributed by atoms with E-state index in [2.05, 4.69) is 0 Å². The van der Waals surface area contributed by atoms with Gasteiger partial charge in [0.1, 0.15) is 18.2 Å². The number of halogens is 1. The van der Waals surface area contributed by atoms with Gasteiger partial charge in [-0.1, -0.05) is 0 Å². The number of esters is 1. The van der Waals surface area contributed by atoms with E-state index in [-0.39, 0.29) is 12.4 Å². The van der Waals surface area contributed by atoms with Gasteiger partial charge < -0.3 is 14.4 Å². The van der Waals surface area contributed by atoms with Crippen molar-refractivity contribution in [2.45, 2.75) is 0 Å². The van der Waals surface area contributed by atoms with Crippen molar-refractivity contribution in [3.63, 3.8) is 0 Å². The van der Waals surface area contributed by atoms with E-state index in [1.807, 2.05) is 19.0 Å². The summed E-state index contributed by atoms with van der Waals surface area (Å²) in [5.41, 5.74) is 0. The second kappa shape index (κ2) is 6.85. The molecule has 0 saturated heterocycles. The van der Waals surface area contributed by atoms with Gasteiger partial charge in [-0.25, -0.2) is 9.18 Å². The first-order valence-corrected chi connectivity index (χ1v) is 5.26. The Morgan fingerprint density at radius 2 is 1.94 bits per heavy atom. The average molecular weight is 241 g/mol. The SMILES string of the molecule is CN(C)CCOC(=O)COc1ccc(F)cc1. The van der Waals surface area contributed by atoms with Gasteiger partial charge in [0.15, 0.2) is 6.61 Å². The van der Waals surface area contributed by atoms with Gasteiger partial charge in [-0.15, -0.1) is 0 Å². The minimum absolute atomic E-state index is 0.168. The number of carbonyl (C=O) groups excluding carboxylic acids is 1. The quantitative estimate of drug-likeness (QED) is 0.704. The van der Waals surface area contributed by atoms with Crippen LogP contribution >= 0.6 is 0 Å². The van der Waals surface area contributed by atoms with E-state index in [9.17, 15) is 9.18 Å². The number of hydrogen-bond acceptors (Lipinski definition) is 4. The van der Waals surface area contributed by atoms with Gasteiger partial charge in [-0.05, 0) is 38.4 Å². The Kier molecular flexibility index (Phi) is 5.42. The minimum atomic E-state index is -0.434.